The molecule has 2 aliphatic rings. The monoisotopic (exact) mass is 380 g/mol. The average Bonchev–Trinajstić information content (AvgIpc) is 2.31. The number of halogens is 1. The van der Waals surface area contributed by atoms with E-state index in [4.69, 9.17) is 4.99 Å². The predicted octanol–water partition coefficient (Wildman–Crippen LogP) is 2.01. The van der Waals surface area contributed by atoms with Crippen LogP contribution < -0.4 is 5.32 Å². The van der Waals surface area contributed by atoms with Gasteiger partial charge in [-0.25, -0.2) is 0 Å². The van der Waals surface area contributed by atoms with Crippen LogP contribution in [0.5, 0.6) is 0 Å². The quantitative estimate of drug-likeness (QED) is 0.460. The van der Waals surface area contributed by atoms with Crippen molar-refractivity contribution in [3.05, 3.63) is 0 Å². The molecule has 0 aliphatic carbocycles. The predicted molar refractivity (Wildman–Crippen MR) is 92.4 cm³/mol. The molecule has 4 nitrogen and oxygen atoms in total. The van der Waals surface area contributed by atoms with Crippen molar-refractivity contribution in [3.8, 4) is 0 Å². The van der Waals surface area contributed by atoms with Crippen molar-refractivity contribution >= 4 is 29.9 Å². The molecule has 1 N–H and O–H groups in total. The number of likely N-dealkylation sites (tertiary alicyclic amines) is 2. The first-order chi connectivity index (χ1) is 8.79. The van der Waals surface area contributed by atoms with Gasteiger partial charge in [0.2, 0.25) is 0 Å². The highest BCUT2D eigenvalue weighted by atomic mass is 127. The summed E-state index contributed by atoms with van der Waals surface area (Å²) in [5.74, 6) is 1.93. The fourth-order valence-corrected chi connectivity index (χ4v) is 2.71. The molecular weight excluding hydrogens is 351 g/mol. The van der Waals surface area contributed by atoms with E-state index in [1.807, 2.05) is 0 Å². The third kappa shape index (κ3) is 5.45. The minimum Gasteiger partial charge on any atom is -0.357 e. The minimum atomic E-state index is 0. The van der Waals surface area contributed by atoms with Crippen molar-refractivity contribution in [2.75, 3.05) is 45.8 Å². The van der Waals surface area contributed by atoms with Gasteiger partial charge in [-0.2, -0.15) is 0 Å². The van der Waals surface area contributed by atoms with E-state index in [0.717, 1.165) is 38.1 Å². The van der Waals surface area contributed by atoms with Crippen LogP contribution in [-0.2, 0) is 0 Å². The molecule has 2 saturated heterocycles. The van der Waals surface area contributed by atoms with Gasteiger partial charge in [0.15, 0.2) is 5.96 Å². The lowest BCUT2D eigenvalue weighted by Crippen LogP contribution is -2.46. The Kier molecular flexibility index (Phi) is 8.06. The Balaban J connectivity index is 0.00000180. The van der Waals surface area contributed by atoms with Gasteiger partial charge in [0.25, 0.3) is 0 Å². The van der Waals surface area contributed by atoms with Gasteiger partial charge in [0.1, 0.15) is 0 Å². The van der Waals surface area contributed by atoms with Crippen LogP contribution in [0.3, 0.4) is 0 Å². The number of hydrogen-bond donors (Lipinski definition) is 1. The molecule has 0 saturated carbocycles. The minimum absolute atomic E-state index is 0. The number of nitrogens with zero attached hydrogens (tertiary/aromatic N) is 3. The largest absolute Gasteiger partial charge is 0.357 e. The third-order valence-electron chi connectivity index (χ3n) is 3.92. The van der Waals surface area contributed by atoms with Crippen molar-refractivity contribution in [1.82, 2.24) is 15.1 Å². The van der Waals surface area contributed by atoms with Crippen LogP contribution in [0.15, 0.2) is 4.99 Å². The summed E-state index contributed by atoms with van der Waals surface area (Å²) in [6.07, 6.45) is 4.04. The van der Waals surface area contributed by atoms with Crippen LogP contribution >= 0.6 is 24.0 Å². The van der Waals surface area contributed by atoms with Crippen LogP contribution in [0.2, 0.25) is 0 Å². The lowest BCUT2D eigenvalue weighted by atomic mass is 10.0. The molecule has 2 fully saturated rings. The third-order valence-corrected chi connectivity index (χ3v) is 3.92. The maximum Gasteiger partial charge on any atom is 0.193 e. The molecule has 1 atom stereocenters. The molecule has 0 radical (unpaired) electrons. The van der Waals surface area contributed by atoms with Gasteiger partial charge < -0.3 is 15.1 Å². The molecule has 2 heterocycles. The summed E-state index contributed by atoms with van der Waals surface area (Å²) >= 11 is 0. The molecular formula is C14H29IN4. The lowest BCUT2D eigenvalue weighted by molar-refractivity contribution is 0.187. The average molecular weight is 380 g/mol. The Bertz CT molecular complexity index is 279. The summed E-state index contributed by atoms with van der Waals surface area (Å²) in [5.41, 5.74) is 0. The van der Waals surface area contributed by atoms with E-state index in [-0.39, 0.29) is 24.0 Å². The molecule has 112 valence electrons. The summed E-state index contributed by atoms with van der Waals surface area (Å²) < 4.78 is 0. The number of piperidine rings is 1. The lowest BCUT2D eigenvalue weighted by Gasteiger charge is -2.34. The van der Waals surface area contributed by atoms with E-state index in [0.29, 0.717) is 0 Å². The standard InChI is InChI=1S/C14H28N4.HI/c1-3-15-14(16-7-11-17-8-5-9-17)18-10-4-6-13(2)12-18;/h13H,3-12H2,1-2H3,(H,15,16);1H. The first-order valence-corrected chi connectivity index (χ1v) is 7.55. The van der Waals surface area contributed by atoms with Gasteiger partial charge in [-0.1, -0.05) is 6.92 Å². The van der Waals surface area contributed by atoms with Gasteiger partial charge in [-0.15, -0.1) is 24.0 Å². The molecule has 1 unspecified atom stereocenters. The first kappa shape index (κ1) is 17.0. The second-order valence-electron chi connectivity index (χ2n) is 5.62. The molecule has 0 aromatic heterocycles. The van der Waals surface area contributed by atoms with Gasteiger partial charge in [0.05, 0.1) is 6.54 Å². The summed E-state index contributed by atoms with van der Waals surface area (Å²) in [6, 6.07) is 0. The number of guanidine groups is 1. The Hall–Kier alpha value is -0.0400. The smallest absolute Gasteiger partial charge is 0.193 e. The summed E-state index contributed by atoms with van der Waals surface area (Å²) in [5, 5.41) is 3.44. The van der Waals surface area contributed by atoms with Crippen molar-refractivity contribution in [3.63, 3.8) is 0 Å². The van der Waals surface area contributed by atoms with Gasteiger partial charge in [-0.05, 0) is 45.2 Å². The Morgan fingerprint density at radius 3 is 2.63 bits per heavy atom. The molecule has 5 heteroatoms. The Morgan fingerprint density at radius 2 is 2.05 bits per heavy atom. The van der Waals surface area contributed by atoms with E-state index in [9.17, 15) is 0 Å². The van der Waals surface area contributed by atoms with Crippen LogP contribution in [0, 0.1) is 5.92 Å². The summed E-state index contributed by atoms with van der Waals surface area (Å²) in [4.78, 5) is 9.70. The normalized spacial score (nSPS) is 24.6. The molecule has 0 bridgehead atoms. The van der Waals surface area contributed by atoms with E-state index in [1.165, 1.54) is 38.9 Å². The van der Waals surface area contributed by atoms with Gasteiger partial charge in [0, 0.05) is 26.2 Å². The molecule has 19 heavy (non-hydrogen) atoms. The topological polar surface area (TPSA) is 30.9 Å². The highest BCUT2D eigenvalue weighted by Gasteiger charge is 2.19. The summed E-state index contributed by atoms with van der Waals surface area (Å²) in [7, 11) is 0. The Labute approximate surface area is 135 Å². The van der Waals surface area contributed by atoms with Gasteiger partial charge >= 0.3 is 0 Å². The second-order valence-corrected chi connectivity index (χ2v) is 5.62. The molecule has 0 aromatic rings. The first-order valence-electron chi connectivity index (χ1n) is 7.55. The zero-order valence-corrected chi connectivity index (χ0v) is 14.7. The number of hydrogen-bond acceptors (Lipinski definition) is 2. The van der Waals surface area contributed by atoms with E-state index in [1.54, 1.807) is 0 Å². The van der Waals surface area contributed by atoms with Crippen LogP contribution in [0.1, 0.15) is 33.1 Å². The molecule has 2 aliphatic heterocycles. The molecule has 0 spiro atoms. The maximum atomic E-state index is 4.78. The fourth-order valence-electron chi connectivity index (χ4n) is 2.71. The molecule has 2 rings (SSSR count). The van der Waals surface area contributed by atoms with Crippen molar-refractivity contribution in [2.24, 2.45) is 10.9 Å². The van der Waals surface area contributed by atoms with Gasteiger partial charge in [-0.3, -0.25) is 4.99 Å². The maximum absolute atomic E-state index is 4.78. The highest BCUT2D eigenvalue weighted by Crippen LogP contribution is 2.15. The molecule has 0 amide bonds. The van der Waals surface area contributed by atoms with Crippen LogP contribution in [-0.4, -0.2) is 61.6 Å². The van der Waals surface area contributed by atoms with E-state index in [2.05, 4.69) is 29.0 Å². The van der Waals surface area contributed by atoms with Crippen molar-refractivity contribution < 1.29 is 0 Å². The van der Waals surface area contributed by atoms with Crippen molar-refractivity contribution in [1.29, 1.82) is 0 Å². The number of aliphatic imine (C=N–C) groups is 1. The van der Waals surface area contributed by atoms with Crippen molar-refractivity contribution in [2.45, 2.75) is 33.1 Å². The second kappa shape index (κ2) is 9.00. The van der Waals surface area contributed by atoms with E-state index >= 15 is 0 Å². The zero-order valence-electron chi connectivity index (χ0n) is 12.4. The van der Waals surface area contributed by atoms with Crippen LogP contribution in [0.25, 0.3) is 0 Å². The van der Waals surface area contributed by atoms with E-state index < -0.39 is 0 Å². The number of rotatable bonds is 4. The van der Waals surface area contributed by atoms with Crippen LogP contribution in [0.4, 0.5) is 0 Å². The number of nitrogens with one attached hydrogen (secondary N) is 1. The fraction of sp³-hybridized carbons (Fsp3) is 0.929. The Morgan fingerprint density at radius 1 is 1.26 bits per heavy atom. The summed E-state index contributed by atoms with van der Waals surface area (Å²) in [6.45, 7) is 12.4. The molecule has 0 aromatic carbocycles. The SMILES string of the molecule is CCNC(=NCCN1CCC1)N1CCCC(C)C1.I. The highest BCUT2D eigenvalue weighted by molar-refractivity contribution is 14.0. The zero-order chi connectivity index (χ0) is 12.8.